The zero-order chi connectivity index (χ0) is 24.8. The Morgan fingerprint density at radius 1 is 1.03 bits per heavy atom. The Labute approximate surface area is 212 Å². The summed E-state index contributed by atoms with van der Waals surface area (Å²) < 4.78 is 13.6. The van der Waals surface area contributed by atoms with Gasteiger partial charge in [0.1, 0.15) is 0 Å². The fraction of sp³-hybridized carbons (Fsp3) is 0.207. The van der Waals surface area contributed by atoms with E-state index in [1.54, 1.807) is 18.4 Å². The SMILES string of the molecule is CS(=O)N1CC(N2Cc3ccc(C#Cc4cccc(C(=O)O)c4-c4ccc5cc[nH]c5c4)cc3C2)C1. The molecule has 1 saturated heterocycles. The standard InChI is InChI=1S/C29H25N3O3S/c1-36(35)32-17-25(18-32)31-15-23-8-6-19(13-24(23)16-31)5-7-21-3-2-4-26(29(33)34)28(21)22-10-9-20-11-12-30-27(20)14-22/h2-4,6,8-14,25,30H,15-18H2,1H3,(H,33,34). The number of carbonyl (C=O) groups is 1. The van der Waals surface area contributed by atoms with E-state index in [4.69, 9.17) is 0 Å². The van der Waals surface area contributed by atoms with Crippen LogP contribution in [0.2, 0.25) is 0 Å². The molecule has 180 valence electrons. The highest BCUT2D eigenvalue weighted by Gasteiger charge is 2.36. The van der Waals surface area contributed by atoms with Crippen molar-refractivity contribution >= 4 is 27.9 Å². The molecule has 0 saturated carbocycles. The number of benzene rings is 3. The summed E-state index contributed by atoms with van der Waals surface area (Å²) in [5.74, 6) is 5.56. The van der Waals surface area contributed by atoms with E-state index in [-0.39, 0.29) is 5.56 Å². The van der Waals surface area contributed by atoms with E-state index in [0.717, 1.165) is 48.2 Å². The zero-order valence-corrected chi connectivity index (χ0v) is 20.6. The number of hydrogen-bond donors (Lipinski definition) is 2. The minimum atomic E-state index is -0.973. The molecule has 2 aliphatic rings. The molecular weight excluding hydrogens is 470 g/mol. The molecule has 1 atom stereocenters. The molecule has 1 unspecified atom stereocenters. The topological polar surface area (TPSA) is 76.6 Å². The van der Waals surface area contributed by atoms with Crippen molar-refractivity contribution in [2.24, 2.45) is 0 Å². The quantitative estimate of drug-likeness (QED) is 0.416. The Balaban J connectivity index is 1.30. The molecule has 0 radical (unpaired) electrons. The van der Waals surface area contributed by atoms with Gasteiger partial charge in [-0.15, -0.1) is 0 Å². The number of fused-ring (bicyclic) bond motifs is 2. The van der Waals surface area contributed by atoms with Gasteiger partial charge in [-0.05, 0) is 58.5 Å². The van der Waals surface area contributed by atoms with Crippen molar-refractivity contribution in [1.82, 2.24) is 14.2 Å². The molecule has 2 aliphatic heterocycles. The second-order valence-corrected chi connectivity index (χ2v) is 10.7. The van der Waals surface area contributed by atoms with Crippen LogP contribution in [-0.2, 0) is 24.1 Å². The fourth-order valence-corrected chi connectivity index (χ4v) is 5.87. The Bertz CT molecular complexity index is 1590. The molecule has 0 amide bonds. The summed E-state index contributed by atoms with van der Waals surface area (Å²) in [6.45, 7) is 3.47. The van der Waals surface area contributed by atoms with Crippen LogP contribution in [0.5, 0.6) is 0 Å². The van der Waals surface area contributed by atoms with Crippen LogP contribution in [-0.4, -0.2) is 54.9 Å². The van der Waals surface area contributed by atoms with Crippen molar-refractivity contribution in [1.29, 1.82) is 0 Å². The first-order valence-electron chi connectivity index (χ1n) is 11.9. The molecule has 0 bridgehead atoms. The highest BCUT2D eigenvalue weighted by atomic mass is 32.2. The third-order valence-electron chi connectivity index (χ3n) is 7.14. The van der Waals surface area contributed by atoms with Gasteiger partial charge in [0, 0.05) is 66.9 Å². The van der Waals surface area contributed by atoms with Crippen molar-refractivity contribution in [2.75, 3.05) is 19.3 Å². The Hall–Kier alpha value is -3.70. The van der Waals surface area contributed by atoms with Crippen molar-refractivity contribution in [2.45, 2.75) is 19.1 Å². The first kappa shape index (κ1) is 22.7. The molecule has 2 N–H and O–H groups in total. The van der Waals surface area contributed by atoms with Crippen molar-refractivity contribution in [3.05, 3.63) is 94.7 Å². The monoisotopic (exact) mass is 495 g/mol. The molecule has 7 heteroatoms. The second-order valence-electron chi connectivity index (χ2n) is 9.38. The van der Waals surface area contributed by atoms with Gasteiger partial charge < -0.3 is 10.1 Å². The normalized spacial score (nSPS) is 16.8. The van der Waals surface area contributed by atoms with Gasteiger partial charge in [0.2, 0.25) is 0 Å². The van der Waals surface area contributed by atoms with Crippen LogP contribution < -0.4 is 0 Å². The number of carboxylic acids is 1. The lowest BCUT2D eigenvalue weighted by molar-refractivity contribution is 0.0697. The summed E-state index contributed by atoms with van der Waals surface area (Å²) in [5, 5.41) is 10.9. The molecule has 3 aromatic carbocycles. The summed E-state index contributed by atoms with van der Waals surface area (Å²) in [5.41, 5.74) is 6.81. The smallest absolute Gasteiger partial charge is 0.336 e. The van der Waals surface area contributed by atoms with Crippen LogP contribution in [0.3, 0.4) is 0 Å². The van der Waals surface area contributed by atoms with Gasteiger partial charge in [-0.25, -0.2) is 13.3 Å². The first-order valence-corrected chi connectivity index (χ1v) is 13.4. The number of carboxylic acid groups (broad SMARTS) is 1. The van der Waals surface area contributed by atoms with E-state index in [1.807, 2.05) is 46.9 Å². The maximum Gasteiger partial charge on any atom is 0.336 e. The fourth-order valence-electron chi connectivity index (χ4n) is 5.10. The molecule has 0 spiro atoms. The average Bonchev–Trinajstić information content (AvgIpc) is 3.47. The first-order chi connectivity index (χ1) is 17.5. The van der Waals surface area contributed by atoms with Crippen LogP contribution >= 0.6 is 0 Å². The van der Waals surface area contributed by atoms with Crippen molar-refractivity contribution in [3.8, 4) is 23.0 Å². The number of nitrogens with one attached hydrogen (secondary N) is 1. The number of aromatic amines is 1. The van der Waals surface area contributed by atoms with Crippen LogP contribution in [0, 0.1) is 11.8 Å². The lowest BCUT2D eigenvalue weighted by atomic mass is 9.93. The maximum atomic E-state index is 12.1. The molecular formula is C29H25N3O3S. The average molecular weight is 496 g/mol. The van der Waals surface area contributed by atoms with E-state index in [0.29, 0.717) is 17.2 Å². The van der Waals surface area contributed by atoms with E-state index in [2.05, 4.69) is 33.9 Å². The molecule has 6 rings (SSSR count). The van der Waals surface area contributed by atoms with Crippen molar-refractivity contribution in [3.63, 3.8) is 0 Å². The summed E-state index contributed by atoms with van der Waals surface area (Å²) in [7, 11) is -0.895. The van der Waals surface area contributed by atoms with Gasteiger partial charge in [-0.1, -0.05) is 36.1 Å². The minimum Gasteiger partial charge on any atom is -0.478 e. The molecule has 3 heterocycles. The molecule has 4 aromatic rings. The van der Waals surface area contributed by atoms with Crippen LogP contribution in [0.4, 0.5) is 0 Å². The number of rotatable bonds is 4. The highest BCUT2D eigenvalue weighted by Crippen LogP contribution is 2.31. The maximum absolute atomic E-state index is 12.1. The Morgan fingerprint density at radius 2 is 1.86 bits per heavy atom. The molecule has 1 fully saturated rings. The minimum absolute atomic E-state index is 0.236. The Morgan fingerprint density at radius 3 is 2.67 bits per heavy atom. The van der Waals surface area contributed by atoms with Gasteiger partial charge in [0.15, 0.2) is 0 Å². The van der Waals surface area contributed by atoms with Gasteiger partial charge in [-0.3, -0.25) is 4.90 Å². The van der Waals surface area contributed by atoms with Gasteiger partial charge >= 0.3 is 5.97 Å². The largest absolute Gasteiger partial charge is 0.478 e. The predicted molar refractivity (Wildman–Crippen MR) is 142 cm³/mol. The molecule has 36 heavy (non-hydrogen) atoms. The van der Waals surface area contributed by atoms with E-state index >= 15 is 0 Å². The van der Waals surface area contributed by atoms with E-state index in [1.165, 1.54) is 11.1 Å². The van der Waals surface area contributed by atoms with Gasteiger partial charge in [-0.2, -0.15) is 0 Å². The van der Waals surface area contributed by atoms with Crippen molar-refractivity contribution < 1.29 is 14.1 Å². The number of aromatic nitrogens is 1. The third kappa shape index (κ3) is 4.14. The van der Waals surface area contributed by atoms with Gasteiger partial charge in [0.25, 0.3) is 0 Å². The van der Waals surface area contributed by atoms with Crippen LogP contribution in [0.25, 0.3) is 22.0 Å². The number of hydrogen-bond acceptors (Lipinski definition) is 3. The summed E-state index contributed by atoms with van der Waals surface area (Å²) in [6, 6.07) is 19.9. The summed E-state index contributed by atoms with van der Waals surface area (Å²) >= 11 is 0. The van der Waals surface area contributed by atoms with Crippen LogP contribution in [0.1, 0.15) is 32.6 Å². The summed E-state index contributed by atoms with van der Waals surface area (Å²) in [4.78, 5) is 17.7. The molecule has 6 nitrogen and oxygen atoms in total. The number of aromatic carboxylic acids is 1. The molecule has 0 aliphatic carbocycles. The zero-order valence-electron chi connectivity index (χ0n) is 19.8. The molecule has 1 aromatic heterocycles. The second kappa shape index (κ2) is 9.07. The summed E-state index contributed by atoms with van der Waals surface area (Å²) in [6.07, 6.45) is 3.61. The third-order valence-corrected chi connectivity index (χ3v) is 8.17. The lowest BCUT2D eigenvalue weighted by Crippen LogP contribution is -2.58. The number of nitrogens with zero attached hydrogens (tertiary/aromatic N) is 2. The lowest BCUT2D eigenvalue weighted by Gasteiger charge is -2.42. The number of H-pyrrole nitrogens is 1. The van der Waals surface area contributed by atoms with Crippen LogP contribution in [0.15, 0.2) is 66.9 Å². The van der Waals surface area contributed by atoms with Gasteiger partial charge in [0.05, 0.1) is 16.5 Å². The van der Waals surface area contributed by atoms with E-state index in [9.17, 15) is 14.1 Å². The predicted octanol–water partition coefficient (Wildman–Crippen LogP) is 4.23. The highest BCUT2D eigenvalue weighted by molar-refractivity contribution is 7.81. The van der Waals surface area contributed by atoms with E-state index < -0.39 is 17.0 Å². The Kier molecular flexibility index (Phi) is 5.73.